The van der Waals surface area contributed by atoms with Gasteiger partial charge in [-0.25, -0.2) is 8.78 Å². The molecule has 0 bridgehead atoms. The molecule has 0 atom stereocenters. The molecule has 6 heteroatoms. The molecule has 0 radical (unpaired) electrons. The summed E-state index contributed by atoms with van der Waals surface area (Å²) in [4.78, 5) is 4.09. The van der Waals surface area contributed by atoms with E-state index in [9.17, 15) is 8.78 Å². The van der Waals surface area contributed by atoms with Crippen molar-refractivity contribution in [2.45, 2.75) is 20.3 Å². The van der Waals surface area contributed by atoms with Crippen LogP contribution in [0.5, 0.6) is 5.75 Å². The van der Waals surface area contributed by atoms with Crippen LogP contribution in [0.1, 0.15) is 17.0 Å². The van der Waals surface area contributed by atoms with Crippen LogP contribution in [-0.2, 0) is 0 Å². The summed E-state index contributed by atoms with van der Waals surface area (Å²) in [5.41, 5.74) is 6.75. The fourth-order valence-electron chi connectivity index (χ4n) is 1.39. The highest BCUT2D eigenvalue weighted by atomic mass is 19.3. The van der Waals surface area contributed by atoms with Crippen LogP contribution in [-0.4, -0.2) is 23.9 Å². The van der Waals surface area contributed by atoms with Gasteiger partial charge in [-0.15, -0.1) is 0 Å². The highest BCUT2D eigenvalue weighted by Crippen LogP contribution is 2.22. The predicted octanol–water partition coefficient (Wildman–Crippen LogP) is 1.63. The Hall–Kier alpha value is -1.72. The van der Waals surface area contributed by atoms with Crippen molar-refractivity contribution in [2.75, 3.05) is 6.61 Å². The fourth-order valence-corrected chi connectivity index (χ4v) is 1.39. The Kier molecular flexibility index (Phi) is 3.76. The van der Waals surface area contributed by atoms with E-state index in [1.807, 2.05) is 0 Å². The zero-order valence-electron chi connectivity index (χ0n) is 9.05. The first-order valence-electron chi connectivity index (χ1n) is 4.65. The topological polar surface area (TPSA) is 72.0 Å². The van der Waals surface area contributed by atoms with Gasteiger partial charge in [-0.2, -0.15) is 0 Å². The van der Waals surface area contributed by atoms with E-state index in [1.165, 1.54) is 6.07 Å². The van der Waals surface area contributed by atoms with Crippen molar-refractivity contribution < 1.29 is 13.5 Å². The maximum atomic E-state index is 12.0. The molecule has 0 spiro atoms. The number of aromatic nitrogens is 1. The zero-order valence-corrected chi connectivity index (χ0v) is 9.05. The molecule has 0 fully saturated rings. The average molecular weight is 229 g/mol. The molecule has 0 saturated carbocycles. The third-order valence-electron chi connectivity index (χ3n) is 1.93. The van der Waals surface area contributed by atoms with Crippen molar-refractivity contribution in [1.29, 1.82) is 5.41 Å². The van der Waals surface area contributed by atoms with Crippen molar-refractivity contribution in [3.8, 4) is 5.75 Å². The number of halogens is 2. The largest absolute Gasteiger partial charge is 0.487 e. The summed E-state index contributed by atoms with van der Waals surface area (Å²) >= 11 is 0. The highest BCUT2D eigenvalue weighted by Gasteiger charge is 2.14. The molecule has 4 nitrogen and oxygen atoms in total. The van der Waals surface area contributed by atoms with Crippen molar-refractivity contribution >= 4 is 5.84 Å². The van der Waals surface area contributed by atoms with Crippen molar-refractivity contribution in [3.63, 3.8) is 0 Å². The molecular weight excluding hydrogens is 216 g/mol. The second kappa shape index (κ2) is 4.87. The molecule has 0 aliphatic carbocycles. The standard InChI is InChI=1S/C10H13F2N3O/c1-5-3-7(16-4-8(11)12)9(10(13)14)6(2)15-5/h3,8H,4H2,1-2H3,(H3,13,14). The van der Waals surface area contributed by atoms with Gasteiger partial charge in [-0.1, -0.05) is 0 Å². The van der Waals surface area contributed by atoms with Gasteiger partial charge in [0, 0.05) is 11.8 Å². The van der Waals surface area contributed by atoms with E-state index < -0.39 is 13.0 Å². The first-order chi connectivity index (χ1) is 7.41. The summed E-state index contributed by atoms with van der Waals surface area (Å²) in [6, 6.07) is 1.49. The van der Waals surface area contributed by atoms with Crippen molar-refractivity contribution in [1.82, 2.24) is 4.98 Å². The van der Waals surface area contributed by atoms with Gasteiger partial charge in [-0.3, -0.25) is 10.4 Å². The predicted molar refractivity (Wildman–Crippen MR) is 56.2 cm³/mol. The number of nitrogens with two attached hydrogens (primary N) is 1. The van der Waals surface area contributed by atoms with E-state index in [1.54, 1.807) is 13.8 Å². The Bertz CT molecular complexity index is 407. The van der Waals surface area contributed by atoms with Gasteiger partial charge < -0.3 is 10.5 Å². The number of hydrogen-bond donors (Lipinski definition) is 2. The van der Waals surface area contributed by atoms with Crippen LogP contribution in [0.3, 0.4) is 0 Å². The number of nitrogens with one attached hydrogen (secondary N) is 1. The van der Waals surface area contributed by atoms with Gasteiger partial charge in [0.1, 0.15) is 18.2 Å². The summed E-state index contributed by atoms with van der Waals surface area (Å²) in [6.45, 7) is 2.65. The number of nitrogen functional groups attached to an aromatic ring is 1. The van der Waals surface area contributed by atoms with E-state index in [4.69, 9.17) is 15.9 Å². The van der Waals surface area contributed by atoms with Crippen LogP contribution < -0.4 is 10.5 Å². The summed E-state index contributed by atoms with van der Waals surface area (Å²) in [6.07, 6.45) is -2.56. The first kappa shape index (κ1) is 12.4. The molecule has 1 rings (SSSR count). The average Bonchev–Trinajstić information content (AvgIpc) is 2.12. The van der Waals surface area contributed by atoms with Crippen LogP contribution in [0.4, 0.5) is 8.78 Å². The van der Waals surface area contributed by atoms with E-state index in [0.717, 1.165) is 0 Å². The lowest BCUT2D eigenvalue weighted by Gasteiger charge is -2.13. The lowest BCUT2D eigenvalue weighted by Crippen LogP contribution is -2.18. The van der Waals surface area contributed by atoms with Gasteiger partial charge >= 0.3 is 0 Å². The molecule has 0 saturated heterocycles. The molecule has 3 N–H and O–H groups in total. The maximum absolute atomic E-state index is 12.0. The quantitative estimate of drug-likeness (QED) is 0.608. The van der Waals surface area contributed by atoms with Crippen LogP contribution in [0.2, 0.25) is 0 Å². The number of nitrogens with zero attached hydrogens (tertiary/aromatic N) is 1. The van der Waals surface area contributed by atoms with Crippen molar-refractivity contribution in [2.24, 2.45) is 5.73 Å². The Labute approximate surface area is 91.9 Å². The molecule has 1 aromatic rings. The lowest BCUT2D eigenvalue weighted by molar-refractivity contribution is 0.0817. The number of aryl methyl sites for hydroxylation is 2. The minimum absolute atomic E-state index is 0.179. The normalized spacial score (nSPS) is 10.6. The summed E-state index contributed by atoms with van der Waals surface area (Å²) in [5.74, 6) is -0.0629. The highest BCUT2D eigenvalue weighted by molar-refractivity contribution is 5.98. The van der Waals surface area contributed by atoms with Gasteiger partial charge in [0.2, 0.25) is 0 Å². The van der Waals surface area contributed by atoms with E-state index in [0.29, 0.717) is 11.4 Å². The minimum Gasteiger partial charge on any atom is -0.487 e. The molecule has 0 aliphatic heterocycles. The number of ether oxygens (including phenoxy) is 1. The molecule has 0 unspecified atom stereocenters. The number of amidine groups is 1. The number of hydrogen-bond acceptors (Lipinski definition) is 3. The van der Waals surface area contributed by atoms with Crippen LogP contribution in [0.25, 0.3) is 0 Å². The molecular formula is C10H13F2N3O. The molecule has 0 aliphatic rings. The van der Waals surface area contributed by atoms with Gasteiger partial charge in [0.25, 0.3) is 6.43 Å². The second-order valence-electron chi connectivity index (χ2n) is 3.34. The first-order valence-corrected chi connectivity index (χ1v) is 4.65. The minimum atomic E-state index is -2.56. The molecule has 88 valence electrons. The molecule has 16 heavy (non-hydrogen) atoms. The van der Waals surface area contributed by atoms with Crippen LogP contribution in [0.15, 0.2) is 6.07 Å². The Morgan fingerprint density at radius 2 is 2.19 bits per heavy atom. The van der Waals surface area contributed by atoms with Crippen molar-refractivity contribution in [3.05, 3.63) is 23.0 Å². The Morgan fingerprint density at radius 3 is 2.69 bits per heavy atom. The smallest absolute Gasteiger partial charge is 0.272 e. The molecule has 1 heterocycles. The third kappa shape index (κ3) is 2.88. The summed E-state index contributed by atoms with van der Waals surface area (Å²) in [7, 11) is 0. The van der Waals surface area contributed by atoms with Gasteiger partial charge in [0.15, 0.2) is 0 Å². The number of pyridine rings is 1. The molecule has 0 aromatic carbocycles. The maximum Gasteiger partial charge on any atom is 0.272 e. The molecule has 1 aromatic heterocycles. The fraction of sp³-hybridized carbons (Fsp3) is 0.400. The SMILES string of the molecule is Cc1cc(OCC(F)F)c(C(=N)N)c(C)n1. The van der Waals surface area contributed by atoms with Gasteiger partial charge in [0.05, 0.1) is 11.3 Å². The third-order valence-corrected chi connectivity index (χ3v) is 1.93. The Morgan fingerprint density at radius 1 is 1.56 bits per heavy atom. The van der Waals surface area contributed by atoms with E-state index in [2.05, 4.69) is 4.98 Å². The number of rotatable bonds is 4. The summed E-state index contributed by atoms with van der Waals surface area (Å²) < 4.78 is 29.0. The van der Waals surface area contributed by atoms with E-state index >= 15 is 0 Å². The monoisotopic (exact) mass is 229 g/mol. The molecule has 0 amide bonds. The second-order valence-corrected chi connectivity index (χ2v) is 3.34. The van der Waals surface area contributed by atoms with Crippen LogP contribution >= 0.6 is 0 Å². The van der Waals surface area contributed by atoms with Crippen LogP contribution in [0, 0.1) is 19.3 Å². The lowest BCUT2D eigenvalue weighted by atomic mass is 10.1. The van der Waals surface area contributed by atoms with Gasteiger partial charge in [-0.05, 0) is 13.8 Å². The number of alkyl halides is 2. The Balaban J connectivity index is 3.09. The zero-order chi connectivity index (χ0) is 12.3. The van der Waals surface area contributed by atoms with E-state index in [-0.39, 0.29) is 17.1 Å². The summed E-state index contributed by atoms with van der Waals surface area (Å²) in [5, 5.41) is 7.34.